The van der Waals surface area contributed by atoms with Crippen molar-refractivity contribution in [1.29, 1.82) is 0 Å². The molecule has 1 nitrogen and oxygen atoms in total. The van der Waals surface area contributed by atoms with Gasteiger partial charge >= 0.3 is 0 Å². The van der Waals surface area contributed by atoms with Crippen LogP contribution in [-0.4, -0.2) is 6.54 Å². The second-order valence-electron chi connectivity index (χ2n) is 5.75. The Hall–Kier alpha value is -1.86. The average Bonchev–Trinajstić information content (AvgIpc) is 2.51. The van der Waals surface area contributed by atoms with Gasteiger partial charge in [-0.3, -0.25) is 0 Å². The number of hydrogen-bond acceptors (Lipinski definition) is 1. The summed E-state index contributed by atoms with van der Waals surface area (Å²) in [5.41, 5.74) is 10.9. The highest BCUT2D eigenvalue weighted by Gasteiger charge is 2.02. The number of nitrogens with two attached hydrogens (primary N) is 1. The van der Waals surface area contributed by atoms with Gasteiger partial charge in [-0.2, -0.15) is 0 Å². The number of hydrogen-bond donors (Lipinski definition) is 1. The highest BCUT2D eigenvalue weighted by Crippen LogP contribution is 2.21. The van der Waals surface area contributed by atoms with Crippen LogP contribution in [0.5, 0.6) is 0 Å². The van der Waals surface area contributed by atoms with Gasteiger partial charge in [-0.15, -0.1) is 0 Å². The maximum atomic E-state index is 5.58. The van der Waals surface area contributed by atoms with Crippen molar-refractivity contribution in [3.05, 3.63) is 70.8 Å². The third-order valence-corrected chi connectivity index (χ3v) is 3.69. The van der Waals surface area contributed by atoms with Crippen LogP contribution in [0.15, 0.2) is 48.5 Å². The molecule has 0 saturated heterocycles. The van der Waals surface area contributed by atoms with Crippen molar-refractivity contribution >= 4 is 12.2 Å². The van der Waals surface area contributed by atoms with Gasteiger partial charge < -0.3 is 5.73 Å². The van der Waals surface area contributed by atoms with Gasteiger partial charge in [0.25, 0.3) is 0 Å². The Labute approximate surface area is 128 Å². The molecule has 0 saturated carbocycles. The third-order valence-electron chi connectivity index (χ3n) is 3.69. The molecule has 0 radical (unpaired) electrons. The number of rotatable bonds is 6. The van der Waals surface area contributed by atoms with Gasteiger partial charge in [0, 0.05) is 0 Å². The first-order valence-electron chi connectivity index (χ1n) is 7.76. The molecule has 0 unspecified atom stereocenters. The molecular formula is C20H25N. The van der Waals surface area contributed by atoms with Crippen molar-refractivity contribution in [2.24, 2.45) is 5.73 Å². The van der Waals surface area contributed by atoms with Gasteiger partial charge in [-0.25, -0.2) is 0 Å². The number of aryl methyl sites for hydroxylation is 1. The molecular weight excluding hydrogens is 254 g/mol. The molecule has 0 aliphatic carbocycles. The zero-order chi connectivity index (χ0) is 15.1. The van der Waals surface area contributed by atoms with Crippen molar-refractivity contribution in [3.63, 3.8) is 0 Å². The van der Waals surface area contributed by atoms with Gasteiger partial charge in [-0.1, -0.05) is 74.5 Å². The maximum Gasteiger partial charge on any atom is -0.00741 e. The molecule has 0 fully saturated rings. The second-order valence-corrected chi connectivity index (χ2v) is 5.75. The highest BCUT2D eigenvalue weighted by atomic mass is 14.5. The van der Waals surface area contributed by atoms with Crippen LogP contribution in [0.2, 0.25) is 0 Å². The minimum atomic E-state index is 0.543. The van der Waals surface area contributed by atoms with Gasteiger partial charge in [0.05, 0.1) is 0 Å². The summed E-state index contributed by atoms with van der Waals surface area (Å²) in [6.07, 6.45) is 6.52. The molecule has 0 aliphatic heterocycles. The molecule has 0 bridgehead atoms. The Morgan fingerprint density at radius 2 is 1.81 bits per heavy atom. The summed E-state index contributed by atoms with van der Waals surface area (Å²) in [6.45, 7) is 5.22. The molecule has 110 valence electrons. The second kappa shape index (κ2) is 7.80. The molecule has 2 aromatic rings. The summed E-state index contributed by atoms with van der Waals surface area (Å²) in [5.74, 6) is 0.543. The van der Waals surface area contributed by atoms with Crippen LogP contribution < -0.4 is 5.73 Å². The molecule has 2 N–H and O–H groups in total. The van der Waals surface area contributed by atoms with Gasteiger partial charge in [0.2, 0.25) is 0 Å². The normalized spacial score (nSPS) is 11.4. The van der Waals surface area contributed by atoms with Crippen LogP contribution in [0.3, 0.4) is 0 Å². The van der Waals surface area contributed by atoms with E-state index < -0.39 is 0 Å². The first-order valence-corrected chi connectivity index (χ1v) is 7.76. The van der Waals surface area contributed by atoms with Crippen molar-refractivity contribution in [2.45, 2.75) is 32.6 Å². The largest absolute Gasteiger partial charge is 0.330 e. The first-order chi connectivity index (χ1) is 10.2. The zero-order valence-electron chi connectivity index (χ0n) is 13.0. The van der Waals surface area contributed by atoms with Crippen LogP contribution in [-0.2, 0) is 6.42 Å². The summed E-state index contributed by atoms with van der Waals surface area (Å²) in [6, 6.07) is 17.3. The van der Waals surface area contributed by atoms with Gasteiger partial charge in [-0.05, 0) is 47.6 Å². The van der Waals surface area contributed by atoms with E-state index in [0.29, 0.717) is 5.92 Å². The summed E-state index contributed by atoms with van der Waals surface area (Å²) >= 11 is 0. The molecule has 1 heteroatoms. The minimum absolute atomic E-state index is 0.543. The molecule has 0 spiro atoms. The van der Waals surface area contributed by atoms with E-state index in [2.05, 4.69) is 74.5 Å². The van der Waals surface area contributed by atoms with Crippen molar-refractivity contribution in [3.8, 4) is 0 Å². The molecule has 0 amide bonds. The fourth-order valence-corrected chi connectivity index (χ4v) is 2.53. The van der Waals surface area contributed by atoms with E-state index in [-0.39, 0.29) is 0 Å². The smallest absolute Gasteiger partial charge is 0.00741 e. The topological polar surface area (TPSA) is 26.0 Å². The van der Waals surface area contributed by atoms with Crippen LogP contribution in [0.4, 0.5) is 0 Å². The molecule has 0 aromatic heterocycles. The van der Waals surface area contributed by atoms with E-state index in [1.807, 2.05) is 0 Å². The fourth-order valence-electron chi connectivity index (χ4n) is 2.53. The Kier molecular flexibility index (Phi) is 5.77. The molecule has 0 aliphatic rings. The predicted molar refractivity (Wildman–Crippen MR) is 93.3 cm³/mol. The zero-order valence-corrected chi connectivity index (χ0v) is 13.0. The van der Waals surface area contributed by atoms with Crippen molar-refractivity contribution < 1.29 is 0 Å². The molecule has 0 heterocycles. The lowest BCUT2D eigenvalue weighted by atomic mass is 9.96. The molecule has 2 aromatic carbocycles. The quantitative estimate of drug-likeness (QED) is 0.750. The molecule has 21 heavy (non-hydrogen) atoms. The Morgan fingerprint density at radius 3 is 2.57 bits per heavy atom. The van der Waals surface area contributed by atoms with Crippen LogP contribution in [0.25, 0.3) is 12.2 Å². The Morgan fingerprint density at radius 1 is 1.00 bits per heavy atom. The van der Waals surface area contributed by atoms with Gasteiger partial charge in [0.15, 0.2) is 0 Å². The summed E-state index contributed by atoms with van der Waals surface area (Å²) in [7, 11) is 0. The lowest BCUT2D eigenvalue weighted by Gasteiger charge is -2.09. The fraction of sp³-hybridized carbons (Fsp3) is 0.300. The van der Waals surface area contributed by atoms with Crippen molar-refractivity contribution in [2.75, 3.05) is 6.54 Å². The Bertz CT molecular complexity index is 596. The van der Waals surface area contributed by atoms with E-state index in [4.69, 9.17) is 5.73 Å². The predicted octanol–water partition coefficient (Wildman–Crippen LogP) is 4.87. The van der Waals surface area contributed by atoms with E-state index in [9.17, 15) is 0 Å². The SMILES string of the molecule is CC(C)c1ccccc1C=Cc1cccc(CCCN)c1. The lowest BCUT2D eigenvalue weighted by Crippen LogP contribution is -2.00. The van der Waals surface area contributed by atoms with Crippen LogP contribution >= 0.6 is 0 Å². The standard InChI is InChI=1S/C20H25N/c1-16(2)20-11-4-3-10-19(20)13-12-18-8-5-7-17(15-18)9-6-14-21/h3-5,7-8,10-13,15-16H,6,9,14,21H2,1-2H3. The average molecular weight is 279 g/mol. The minimum Gasteiger partial charge on any atom is -0.330 e. The highest BCUT2D eigenvalue weighted by molar-refractivity contribution is 5.71. The summed E-state index contributed by atoms with van der Waals surface area (Å²) < 4.78 is 0. The maximum absolute atomic E-state index is 5.58. The van der Waals surface area contributed by atoms with E-state index in [1.165, 1.54) is 22.3 Å². The monoisotopic (exact) mass is 279 g/mol. The molecule has 0 atom stereocenters. The summed E-state index contributed by atoms with van der Waals surface area (Å²) in [4.78, 5) is 0. The Balaban J connectivity index is 2.18. The van der Waals surface area contributed by atoms with E-state index >= 15 is 0 Å². The third kappa shape index (κ3) is 4.57. The number of benzene rings is 2. The van der Waals surface area contributed by atoms with Crippen molar-refractivity contribution in [1.82, 2.24) is 0 Å². The van der Waals surface area contributed by atoms with E-state index in [1.54, 1.807) is 0 Å². The van der Waals surface area contributed by atoms with Gasteiger partial charge in [0.1, 0.15) is 0 Å². The summed E-state index contributed by atoms with van der Waals surface area (Å²) in [5, 5.41) is 0. The first kappa shape index (κ1) is 15.5. The lowest BCUT2D eigenvalue weighted by molar-refractivity contribution is 0.832. The van der Waals surface area contributed by atoms with E-state index in [0.717, 1.165) is 19.4 Å². The van der Waals surface area contributed by atoms with Crippen LogP contribution in [0, 0.1) is 0 Å². The molecule has 2 rings (SSSR count). The van der Waals surface area contributed by atoms with Crippen LogP contribution in [0.1, 0.15) is 48.4 Å².